The number of carbonyl (C=O) groups is 1. The highest BCUT2D eigenvalue weighted by molar-refractivity contribution is 5.76. The molecule has 2 rings (SSSR count). The number of fused-ring (bicyclic) bond motifs is 1. The van der Waals surface area contributed by atoms with Gasteiger partial charge in [0.15, 0.2) is 0 Å². The molecule has 0 radical (unpaired) electrons. The van der Waals surface area contributed by atoms with Crippen LogP contribution in [0.3, 0.4) is 0 Å². The highest BCUT2D eigenvalue weighted by Crippen LogP contribution is 2.02. The van der Waals surface area contributed by atoms with E-state index in [-0.39, 0.29) is 5.56 Å². The lowest BCUT2D eigenvalue weighted by atomic mass is 10.2. The number of unbranched alkanes of at least 4 members (excludes halogenated alkanes) is 2. The number of para-hydroxylation sites is 1. The molecular weight excluding hydrogens is 256 g/mol. The summed E-state index contributed by atoms with van der Waals surface area (Å²) in [5, 5.41) is 8.05. The summed E-state index contributed by atoms with van der Waals surface area (Å²) in [7, 11) is 0. The van der Waals surface area contributed by atoms with Crippen LogP contribution in [0.1, 0.15) is 40.0 Å². The molecule has 5 heteroatoms. The minimum Gasteiger partial charge on any atom is -0.481 e. The average Bonchev–Trinajstić information content (AvgIpc) is 2.40. The molecule has 0 fully saturated rings. The number of nitrogens with one attached hydrogen (secondary N) is 1. The van der Waals surface area contributed by atoms with Crippen LogP contribution in [0, 0.1) is 0 Å². The molecule has 0 saturated carbocycles. The third-order valence-electron chi connectivity index (χ3n) is 2.26. The molecule has 2 N–H and O–H groups in total. The number of hydrogen-bond acceptors (Lipinski definition) is 3. The molecule has 0 aliphatic carbocycles. The molecule has 0 unspecified atom stereocenters. The number of aliphatic carboxylic acids is 1. The maximum absolute atomic E-state index is 11.1. The zero-order valence-electron chi connectivity index (χ0n) is 12.2. The first-order chi connectivity index (χ1) is 9.52. The van der Waals surface area contributed by atoms with E-state index in [4.69, 9.17) is 9.90 Å². The largest absolute Gasteiger partial charge is 0.481 e. The second-order valence-electron chi connectivity index (χ2n) is 4.12. The molecule has 1 aromatic carbocycles. The van der Waals surface area contributed by atoms with Gasteiger partial charge >= 0.3 is 0 Å². The molecule has 0 amide bonds. The summed E-state index contributed by atoms with van der Waals surface area (Å²) in [4.78, 5) is 26.6. The van der Waals surface area contributed by atoms with Crippen molar-refractivity contribution in [2.75, 3.05) is 0 Å². The molecule has 0 bridgehead atoms. The summed E-state index contributed by atoms with van der Waals surface area (Å²) in [5.41, 5.74) is 0.645. The first kappa shape index (κ1) is 17.8. The third kappa shape index (κ3) is 8.02. The smallest absolute Gasteiger partial charge is 0.300 e. The Bertz CT molecular complexity index is 553. The summed E-state index contributed by atoms with van der Waals surface area (Å²) in [6.07, 6.45) is 5.48. The topological polar surface area (TPSA) is 83.0 Å². The van der Waals surface area contributed by atoms with Crippen molar-refractivity contribution in [1.29, 1.82) is 0 Å². The van der Waals surface area contributed by atoms with E-state index in [1.54, 1.807) is 6.07 Å². The van der Waals surface area contributed by atoms with Crippen molar-refractivity contribution in [3.05, 3.63) is 40.9 Å². The number of aromatic amines is 1. The Kier molecular flexibility index (Phi) is 9.56. The summed E-state index contributed by atoms with van der Waals surface area (Å²) in [6, 6.07) is 7.24. The van der Waals surface area contributed by atoms with Gasteiger partial charge in [-0.3, -0.25) is 9.59 Å². The summed E-state index contributed by atoms with van der Waals surface area (Å²) < 4.78 is 0. The predicted octanol–water partition coefficient (Wildman–Crippen LogP) is 3.21. The van der Waals surface area contributed by atoms with Crippen molar-refractivity contribution in [3.8, 4) is 0 Å². The van der Waals surface area contributed by atoms with Crippen LogP contribution < -0.4 is 5.56 Å². The van der Waals surface area contributed by atoms with Gasteiger partial charge in [0.2, 0.25) is 0 Å². The van der Waals surface area contributed by atoms with Crippen molar-refractivity contribution >= 4 is 16.9 Å². The molecule has 5 nitrogen and oxygen atoms in total. The van der Waals surface area contributed by atoms with E-state index in [1.165, 1.54) is 25.6 Å². The maximum Gasteiger partial charge on any atom is 0.300 e. The van der Waals surface area contributed by atoms with Crippen molar-refractivity contribution in [3.63, 3.8) is 0 Å². The summed E-state index contributed by atoms with van der Waals surface area (Å²) in [6.45, 7) is 5.51. The summed E-state index contributed by atoms with van der Waals surface area (Å²) >= 11 is 0. The Hall–Kier alpha value is -2.17. The molecule has 1 aromatic heterocycles. The van der Waals surface area contributed by atoms with Crippen molar-refractivity contribution in [2.24, 2.45) is 0 Å². The maximum atomic E-state index is 11.1. The van der Waals surface area contributed by atoms with Crippen LogP contribution in [-0.4, -0.2) is 21.0 Å². The SMILES string of the molecule is CC(=O)O.CCCCC.O=c1[nH]cnc2ccccc12. The molecule has 20 heavy (non-hydrogen) atoms. The lowest BCUT2D eigenvalue weighted by Crippen LogP contribution is -2.05. The van der Waals surface area contributed by atoms with E-state index >= 15 is 0 Å². The molecule has 2 aromatic rings. The zero-order chi connectivity index (χ0) is 15.4. The quantitative estimate of drug-likeness (QED) is 0.883. The molecule has 0 saturated heterocycles. The van der Waals surface area contributed by atoms with Crippen LogP contribution in [-0.2, 0) is 4.79 Å². The normalized spacial score (nSPS) is 8.95. The van der Waals surface area contributed by atoms with Crippen LogP contribution in [0.2, 0.25) is 0 Å². The highest BCUT2D eigenvalue weighted by atomic mass is 16.4. The lowest BCUT2D eigenvalue weighted by Gasteiger charge is -1.91. The van der Waals surface area contributed by atoms with Crippen LogP contribution in [0.5, 0.6) is 0 Å². The van der Waals surface area contributed by atoms with Gasteiger partial charge < -0.3 is 10.1 Å². The van der Waals surface area contributed by atoms with Gasteiger partial charge in [0.05, 0.1) is 17.2 Å². The van der Waals surface area contributed by atoms with E-state index < -0.39 is 5.97 Å². The third-order valence-corrected chi connectivity index (χ3v) is 2.26. The number of aromatic nitrogens is 2. The Morgan fingerprint density at radius 1 is 1.25 bits per heavy atom. The average molecular weight is 278 g/mol. The fourth-order valence-corrected chi connectivity index (χ4v) is 1.37. The van der Waals surface area contributed by atoms with Gasteiger partial charge in [0, 0.05) is 6.92 Å². The van der Waals surface area contributed by atoms with Gasteiger partial charge in [0.1, 0.15) is 0 Å². The van der Waals surface area contributed by atoms with E-state index in [0.29, 0.717) is 5.39 Å². The number of carboxylic acids is 1. The van der Waals surface area contributed by atoms with Gasteiger partial charge in [0.25, 0.3) is 11.5 Å². The minimum atomic E-state index is -0.833. The van der Waals surface area contributed by atoms with Gasteiger partial charge in [-0.15, -0.1) is 0 Å². The molecule has 0 atom stereocenters. The first-order valence-corrected chi connectivity index (χ1v) is 6.64. The van der Waals surface area contributed by atoms with E-state index in [2.05, 4.69) is 23.8 Å². The molecule has 0 aliphatic heterocycles. The fraction of sp³-hybridized carbons (Fsp3) is 0.400. The predicted molar refractivity (Wildman–Crippen MR) is 80.9 cm³/mol. The lowest BCUT2D eigenvalue weighted by molar-refractivity contribution is -0.134. The van der Waals surface area contributed by atoms with E-state index in [1.807, 2.05) is 18.2 Å². The van der Waals surface area contributed by atoms with E-state index in [0.717, 1.165) is 12.4 Å². The Morgan fingerprint density at radius 2 is 1.80 bits per heavy atom. The standard InChI is InChI=1S/C8H6N2O.C5H12.C2H4O2/c11-8-6-3-1-2-4-7(6)9-5-10-8;1-3-5-4-2;1-2(3)4/h1-5H,(H,9,10,11);3-5H2,1-2H3;1H3,(H,3,4). The monoisotopic (exact) mass is 278 g/mol. The number of nitrogens with zero attached hydrogens (tertiary/aromatic N) is 1. The van der Waals surface area contributed by atoms with Gasteiger partial charge in [-0.25, -0.2) is 4.98 Å². The zero-order valence-corrected chi connectivity index (χ0v) is 12.2. The van der Waals surface area contributed by atoms with Crippen molar-refractivity contribution < 1.29 is 9.90 Å². The minimum absolute atomic E-state index is 0.0874. The number of H-pyrrole nitrogens is 1. The van der Waals surface area contributed by atoms with Crippen molar-refractivity contribution in [1.82, 2.24) is 9.97 Å². The van der Waals surface area contributed by atoms with Gasteiger partial charge in [-0.2, -0.15) is 0 Å². The molecule has 0 aliphatic rings. The fourth-order valence-electron chi connectivity index (χ4n) is 1.37. The van der Waals surface area contributed by atoms with Crippen molar-refractivity contribution in [2.45, 2.75) is 40.0 Å². The van der Waals surface area contributed by atoms with Crippen LogP contribution in [0.4, 0.5) is 0 Å². The molecule has 110 valence electrons. The van der Waals surface area contributed by atoms with Gasteiger partial charge in [-0.05, 0) is 12.1 Å². The van der Waals surface area contributed by atoms with Gasteiger partial charge in [-0.1, -0.05) is 45.2 Å². The summed E-state index contributed by atoms with van der Waals surface area (Å²) in [5.74, 6) is -0.833. The molecular formula is C15H22N2O3. The Labute approximate surface area is 118 Å². The Morgan fingerprint density at radius 3 is 2.25 bits per heavy atom. The van der Waals surface area contributed by atoms with Crippen LogP contribution >= 0.6 is 0 Å². The number of hydrogen-bond donors (Lipinski definition) is 2. The van der Waals surface area contributed by atoms with Crippen LogP contribution in [0.25, 0.3) is 10.9 Å². The number of benzene rings is 1. The van der Waals surface area contributed by atoms with Crippen LogP contribution in [0.15, 0.2) is 35.4 Å². The second-order valence-corrected chi connectivity index (χ2v) is 4.12. The molecule has 1 heterocycles. The Balaban J connectivity index is 0.000000340. The number of carboxylic acid groups (broad SMARTS) is 1. The first-order valence-electron chi connectivity index (χ1n) is 6.64. The number of rotatable bonds is 2. The second kappa shape index (κ2) is 10.7. The highest BCUT2D eigenvalue weighted by Gasteiger charge is 1.94. The molecule has 0 spiro atoms. The van der Waals surface area contributed by atoms with E-state index in [9.17, 15) is 4.79 Å².